The predicted molar refractivity (Wildman–Crippen MR) is 50.2 cm³/mol. The molecule has 6 heteroatoms. The van der Waals surface area contributed by atoms with Crippen molar-refractivity contribution in [1.29, 1.82) is 0 Å². The summed E-state index contributed by atoms with van der Waals surface area (Å²) in [5.41, 5.74) is 2.40. The Morgan fingerprint density at radius 2 is 1.57 bits per heavy atom. The van der Waals surface area contributed by atoms with E-state index in [2.05, 4.69) is 6.07 Å². The molecule has 69 valence electrons. The van der Waals surface area contributed by atoms with E-state index in [9.17, 15) is 12.9 Å². The molecule has 1 heterocycles. The van der Waals surface area contributed by atoms with Gasteiger partial charge in [-0.1, -0.05) is 18.2 Å². The second kappa shape index (κ2) is 7.53. The van der Waals surface area contributed by atoms with Gasteiger partial charge in [-0.15, -0.1) is 0 Å². The van der Waals surface area contributed by atoms with Gasteiger partial charge in [0, 0.05) is 56.9 Å². The van der Waals surface area contributed by atoms with Gasteiger partial charge in [0.2, 0.25) is 0 Å². The summed E-state index contributed by atoms with van der Waals surface area (Å²) in [5.74, 6) is 0. The maximum absolute atomic E-state index is 9.67. The standard InChI is InChI=1S/C8H6O.BF3.K/c1-2-7-4-5-9-6-8(7)3-1;2-1(3)4;/h1-6H;;. The molecule has 0 saturated heterocycles. The summed E-state index contributed by atoms with van der Waals surface area (Å²) in [5, 5.41) is 0. The van der Waals surface area contributed by atoms with Crippen LogP contribution in [-0.2, 0) is 0 Å². The van der Waals surface area contributed by atoms with Crippen molar-refractivity contribution in [3.05, 3.63) is 36.8 Å². The van der Waals surface area contributed by atoms with Crippen molar-refractivity contribution in [1.82, 2.24) is 0 Å². The van der Waals surface area contributed by atoms with E-state index in [1.54, 1.807) is 12.5 Å². The van der Waals surface area contributed by atoms with E-state index in [1.807, 2.05) is 18.2 Å². The maximum atomic E-state index is 9.67. The Morgan fingerprint density at radius 1 is 1.00 bits per heavy atom. The smallest absolute Gasteiger partial charge is 0.472 e. The Labute approximate surface area is 123 Å². The average molecular weight is 225 g/mol. The molecule has 0 amide bonds. The van der Waals surface area contributed by atoms with Crippen LogP contribution in [0.2, 0.25) is 0 Å². The average Bonchev–Trinajstić information content (AvgIpc) is 2.49. The number of hydrogen-bond donors (Lipinski definition) is 0. The van der Waals surface area contributed by atoms with Crippen LogP contribution in [0.5, 0.6) is 0 Å². The zero-order chi connectivity index (χ0) is 9.68. The van der Waals surface area contributed by atoms with E-state index in [4.69, 9.17) is 4.42 Å². The predicted octanol–water partition coefficient (Wildman–Crippen LogP) is 2.88. The van der Waals surface area contributed by atoms with E-state index in [0.717, 1.165) is 5.56 Å². The summed E-state index contributed by atoms with van der Waals surface area (Å²) >= 11 is 0. The van der Waals surface area contributed by atoms with Gasteiger partial charge >= 0.3 is 7.54 Å². The molecular weight excluding hydrogens is 219 g/mol. The fraction of sp³-hybridized carbons (Fsp3) is 0. The SMILES string of the molecule is FB(F)F.[K].c1cc2ccocc-2c1. The third-order valence-corrected chi connectivity index (χ3v) is 1.41. The van der Waals surface area contributed by atoms with Crippen molar-refractivity contribution in [2.45, 2.75) is 0 Å². The maximum Gasteiger partial charge on any atom is 0.762 e. The van der Waals surface area contributed by atoms with Crippen LogP contribution in [-0.4, -0.2) is 58.9 Å². The first-order valence-electron chi connectivity index (χ1n) is 3.53. The largest absolute Gasteiger partial charge is 0.762 e. The second-order valence-electron chi connectivity index (χ2n) is 2.24. The van der Waals surface area contributed by atoms with E-state index < -0.39 is 7.54 Å². The molecule has 2 rings (SSSR count). The van der Waals surface area contributed by atoms with Crippen molar-refractivity contribution < 1.29 is 17.4 Å². The van der Waals surface area contributed by atoms with Crippen LogP contribution >= 0.6 is 0 Å². The number of fused-ring (bicyclic) bond motifs is 1. The van der Waals surface area contributed by atoms with Crippen LogP contribution in [0.1, 0.15) is 0 Å². The van der Waals surface area contributed by atoms with Gasteiger partial charge in [0.05, 0.1) is 12.5 Å². The summed E-state index contributed by atoms with van der Waals surface area (Å²) in [6.45, 7) is 0. The van der Waals surface area contributed by atoms with Gasteiger partial charge in [-0.3, -0.25) is 12.9 Å². The van der Waals surface area contributed by atoms with Crippen LogP contribution < -0.4 is 0 Å². The molecule has 0 aromatic rings. The van der Waals surface area contributed by atoms with Crippen molar-refractivity contribution in [2.24, 2.45) is 0 Å². The summed E-state index contributed by atoms with van der Waals surface area (Å²) < 4.78 is 33.9. The number of rotatable bonds is 0. The third kappa shape index (κ3) is 5.21. The van der Waals surface area contributed by atoms with Gasteiger partial charge in [-0.2, -0.15) is 0 Å². The van der Waals surface area contributed by atoms with Crippen molar-refractivity contribution in [2.75, 3.05) is 0 Å². The molecule has 0 saturated carbocycles. The minimum Gasteiger partial charge on any atom is -0.472 e. The van der Waals surface area contributed by atoms with E-state index >= 15 is 0 Å². The zero-order valence-corrected chi connectivity index (χ0v) is 10.7. The molecule has 1 nitrogen and oxygen atoms in total. The molecule has 0 aromatic heterocycles. The van der Waals surface area contributed by atoms with E-state index in [0.29, 0.717) is 0 Å². The monoisotopic (exact) mass is 225 g/mol. The molecule has 0 atom stereocenters. The second-order valence-corrected chi connectivity index (χ2v) is 2.24. The fourth-order valence-electron chi connectivity index (χ4n) is 0.932. The van der Waals surface area contributed by atoms with Gasteiger partial charge in [-0.25, -0.2) is 0 Å². The Morgan fingerprint density at radius 3 is 2.14 bits per heavy atom. The van der Waals surface area contributed by atoms with Crippen LogP contribution in [0.3, 0.4) is 0 Å². The molecule has 0 aromatic carbocycles. The van der Waals surface area contributed by atoms with Crippen molar-refractivity contribution in [3.8, 4) is 11.1 Å². The van der Waals surface area contributed by atoms with Gasteiger partial charge in [0.25, 0.3) is 0 Å². The summed E-state index contributed by atoms with van der Waals surface area (Å²) in [4.78, 5) is 0. The molecule has 2 aliphatic rings. The molecular formula is C8H6BF3KO. The first-order chi connectivity index (χ1) is 6.20. The molecule has 0 spiro atoms. The zero-order valence-electron chi connectivity index (χ0n) is 7.58. The van der Waals surface area contributed by atoms with E-state index in [1.165, 1.54) is 5.56 Å². The first kappa shape index (κ1) is 14.3. The normalized spacial score (nSPS) is 8.50. The summed E-state index contributed by atoms with van der Waals surface area (Å²) in [6.07, 6.45) is 3.43. The number of halogens is 3. The number of hydrogen-bond acceptors (Lipinski definition) is 1. The van der Waals surface area contributed by atoms with Gasteiger partial charge in [0.1, 0.15) is 0 Å². The van der Waals surface area contributed by atoms with Gasteiger partial charge < -0.3 is 4.42 Å². The van der Waals surface area contributed by atoms with Gasteiger partial charge in [-0.05, 0) is 11.6 Å². The molecule has 14 heavy (non-hydrogen) atoms. The van der Waals surface area contributed by atoms with Crippen LogP contribution in [0, 0.1) is 0 Å². The minimum absolute atomic E-state index is 0. The topological polar surface area (TPSA) is 13.1 Å². The summed E-state index contributed by atoms with van der Waals surface area (Å²) in [7, 11) is -3.67. The molecule has 0 N–H and O–H groups in total. The van der Waals surface area contributed by atoms with Crippen molar-refractivity contribution >= 4 is 58.9 Å². The first-order valence-corrected chi connectivity index (χ1v) is 3.53. The van der Waals surface area contributed by atoms with E-state index in [-0.39, 0.29) is 51.4 Å². The molecule has 1 radical (unpaired) electrons. The molecule has 0 bridgehead atoms. The van der Waals surface area contributed by atoms with Crippen molar-refractivity contribution in [3.63, 3.8) is 0 Å². The Bertz CT molecular complexity index is 298. The quantitative estimate of drug-likeness (QED) is 0.628. The third-order valence-electron chi connectivity index (χ3n) is 1.41. The molecule has 1 aliphatic carbocycles. The minimum atomic E-state index is -3.67. The van der Waals surface area contributed by atoms with Gasteiger partial charge in [0.15, 0.2) is 0 Å². The van der Waals surface area contributed by atoms with Crippen LogP contribution in [0.4, 0.5) is 12.9 Å². The molecule has 1 aliphatic heterocycles. The molecule has 0 unspecified atom stereocenters. The van der Waals surface area contributed by atoms with Crippen LogP contribution in [0.25, 0.3) is 11.1 Å². The molecule has 0 fully saturated rings. The van der Waals surface area contributed by atoms with Crippen LogP contribution in [0.15, 0.2) is 41.2 Å². The Kier molecular flexibility index (Phi) is 7.67. The summed E-state index contributed by atoms with van der Waals surface area (Å²) in [6, 6.07) is 8.05. The fourth-order valence-corrected chi connectivity index (χ4v) is 0.932. The Hall–Kier alpha value is 0.251. The Balaban J connectivity index is 0.000000299.